The van der Waals surface area contributed by atoms with Gasteiger partial charge in [-0.2, -0.15) is 5.10 Å². The molecule has 9 nitrogen and oxygen atoms in total. The number of aromatic nitrogens is 5. The maximum Gasteiger partial charge on any atom is 0.333 e. The van der Waals surface area contributed by atoms with Crippen molar-refractivity contribution in [1.82, 2.24) is 24.3 Å². The lowest BCUT2D eigenvalue weighted by Gasteiger charge is -2.13. The fourth-order valence-electron chi connectivity index (χ4n) is 3.21. The van der Waals surface area contributed by atoms with Gasteiger partial charge in [0.2, 0.25) is 5.91 Å². The fraction of sp³-hybridized carbons (Fsp3) is 0.190. The van der Waals surface area contributed by atoms with Crippen LogP contribution in [0.25, 0.3) is 11.0 Å². The second-order valence-corrected chi connectivity index (χ2v) is 7.10. The third-order valence-electron chi connectivity index (χ3n) is 4.72. The van der Waals surface area contributed by atoms with Crippen LogP contribution >= 0.6 is 0 Å². The van der Waals surface area contributed by atoms with E-state index in [0.717, 1.165) is 21.4 Å². The van der Waals surface area contributed by atoms with E-state index in [1.165, 1.54) is 10.8 Å². The van der Waals surface area contributed by atoms with Crippen LogP contribution in [0.5, 0.6) is 0 Å². The number of aryl methyl sites for hydroxylation is 2. The molecule has 4 aromatic rings. The molecule has 9 heteroatoms. The Morgan fingerprint density at radius 1 is 1.10 bits per heavy atom. The first kappa shape index (κ1) is 19.3. The second-order valence-electron chi connectivity index (χ2n) is 7.10. The largest absolute Gasteiger partial charge is 0.333 e. The molecule has 3 heterocycles. The highest BCUT2D eigenvalue weighted by molar-refractivity contribution is 5.90. The van der Waals surface area contributed by atoms with E-state index >= 15 is 0 Å². The highest BCUT2D eigenvalue weighted by atomic mass is 16.2. The molecule has 0 aliphatic rings. The molecule has 0 aliphatic carbocycles. The molecule has 4 rings (SSSR count). The first-order valence-electron chi connectivity index (χ1n) is 9.38. The minimum atomic E-state index is -0.597. The molecule has 1 amide bonds. The van der Waals surface area contributed by atoms with E-state index in [-0.39, 0.29) is 24.1 Å². The van der Waals surface area contributed by atoms with Crippen LogP contribution < -0.4 is 16.6 Å². The van der Waals surface area contributed by atoms with Crippen LogP contribution in [0.1, 0.15) is 16.8 Å². The van der Waals surface area contributed by atoms with Crippen LogP contribution in [-0.4, -0.2) is 30.2 Å². The average Bonchev–Trinajstić information content (AvgIpc) is 3.14. The van der Waals surface area contributed by atoms with Crippen molar-refractivity contribution in [1.29, 1.82) is 0 Å². The monoisotopic (exact) mass is 404 g/mol. The van der Waals surface area contributed by atoms with Crippen molar-refractivity contribution in [3.05, 3.63) is 86.3 Å². The SMILES string of the molecule is Cc1ccc(Cn2c(=O)c3cccnc3n(CC(=O)Nc3cc(C)[nH]n3)c2=O)cc1. The number of anilines is 1. The van der Waals surface area contributed by atoms with Gasteiger partial charge in [0.15, 0.2) is 5.82 Å². The van der Waals surface area contributed by atoms with Crippen LogP contribution in [0.2, 0.25) is 0 Å². The lowest BCUT2D eigenvalue weighted by atomic mass is 10.1. The minimum Gasteiger partial charge on any atom is -0.308 e. The molecule has 0 radical (unpaired) electrons. The number of pyridine rings is 1. The summed E-state index contributed by atoms with van der Waals surface area (Å²) in [5, 5.41) is 9.61. The molecular formula is C21H20N6O3. The molecule has 1 aromatic carbocycles. The quantitative estimate of drug-likeness (QED) is 0.524. The number of nitrogens with one attached hydrogen (secondary N) is 2. The smallest absolute Gasteiger partial charge is 0.308 e. The number of nitrogens with zero attached hydrogens (tertiary/aromatic N) is 4. The van der Waals surface area contributed by atoms with Crippen molar-refractivity contribution in [2.45, 2.75) is 26.9 Å². The normalized spacial score (nSPS) is 11.0. The number of hydrogen-bond donors (Lipinski definition) is 2. The first-order chi connectivity index (χ1) is 14.4. The molecule has 0 spiro atoms. The zero-order chi connectivity index (χ0) is 21.3. The van der Waals surface area contributed by atoms with Gasteiger partial charge in [-0.3, -0.25) is 23.8 Å². The molecule has 0 atom stereocenters. The number of rotatable bonds is 5. The topological polar surface area (TPSA) is 115 Å². The molecule has 3 aromatic heterocycles. The lowest BCUT2D eigenvalue weighted by Crippen LogP contribution is -2.42. The summed E-state index contributed by atoms with van der Waals surface area (Å²) in [4.78, 5) is 42.8. The molecule has 0 bridgehead atoms. The number of amides is 1. The van der Waals surface area contributed by atoms with Gasteiger partial charge in [-0.05, 0) is 31.5 Å². The fourth-order valence-corrected chi connectivity index (χ4v) is 3.21. The summed E-state index contributed by atoms with van der Waals surface area (Å²) in [7, 11) is 0. The summed E-state index contributed by atoms with van der Waals surface area (Å²) in [5.41, 5.74) is 1.81. The van der Waals surface area contributed by atoms with Crippen molar-refractivity contribution in [3.8, 4) is 0 Å². The van der Waals surface area contributed by atoms with Gasteiger partial charge < -0.3 is 5.32 Å². The van der Waals surface area contributed by atoms with Gasteiger partial charge in [0.25, 0.3) is 5.56 Å². The molecule has 0 saturated carbocycles. The number of H-pyrrole nitrogens is 1. The van der Waals surface area contributed by atoms with E-state index in [2.05, 4.69) is 20.5 Å². The van der Waals surface area contributed by atoms with Crippen molar-refractivity contribution in [2.75, 3.05) is 5.32 Å². The Hall–Kier alpha value is -4.01. The first-order valence-corrected chi connectivity index (χ1v) is 9.38. The van der Waals surface area contributed by atoms with Gasteiger partial charge in [0, 0.05) is 18.0 Å². The summed E-state index contributed by atoms with van der Waals surface area (Å²) in [5.74, 6) is -0.0909. The Kier molecular flexibility index (Phi) is 5.01. The van der Waals surface area contributed by atoms with Crippen LogP contribution in [-0.2, 0) is 17.9 Å². The van der Waals surface area contributed by atoms with Gasteiger partial charge in [-0.25, -0.2) is 9.78 Å². The molecule has 30 heavy (non-hydrogen) atoms. The van der Waals surface area contributed by atoms with Crippen LogP contribution in [0, 0.1) is 13.8 Å². The van der Waals surface area contributed by atoms with Gasteiger partial charge in [-0.15, -0.1) is 0 Å². The number of benzene rings is 1. The van der Waals surface area contributed by atoms with Crippen molar-refractivity contribution in [2.24, 2.45) is 0 Å². The summed E-state index contributed by atoms with van der Waals surface area (Å²) in [6, 6.07) is 12.5. The molecule has 0 unspecified atom stereocenters. The third-order valence-corrected chi connectivity index (χ3v) is 4.72. The second kappa shape index (κ2) is 7.78. The average molecular weight is 404 g/mol. The van der Waals surface area contributed by atoms with Crippen LogP contribution in [0.4, 0.5) is 5.82 Å². The molecule has 2 N–H and O–H groups in total. The minimum absolute atomic E-state index is 0.100. The zero-order valence-electron chi connectivity index (χ0n) is 16.5. The summed E-state index contributed by atoms with van der Waals surface area (Å²) in [6.07, 6.45) is 1.48. The Morgan fingerprint density at radius 2 is 1.87 bits per heavy atom. The number of carbonyl (C=O) groups excluding carboxylic acids is 1. The van der Waals surface area contributed by atoms with Crippen molar-refractivity contribution < 1.29 is 4.79 Å². The predicted octanol–water partition coefficient (Wildman–Crippen LogP) is 1.59. The highest BCUT2D eigenvalue weighted by Crippen LogP contribution is 2.08. The molecule has 0 saturated heterocycles. The predicted molar refractivity (Wildman–Crippen MR) is 112 cm³/mol. The Morgan fingerprint density at radius 3 is 2.57 bits per heavy atom. The highest BCUT2D eigenvalue weighted by Gasteiger charge is 2.17. The lowest BCUT2D eigenvalue weighted by molar-refractivity contribution is -0.116. The van der Waals surface area contributed by atoms with Gasteiger partial charge >= 0.3 is 5.69 Å². The Balaban J connectivity index is 1.76. The van der Waals surface area contributed by atoms with Crippen molar-refractivity contribution >= 4 is 22.8 Å². The third kappa shape index (κ3) is 3.77. The number of aromatic amines is 1. The molecule has 152 valence electrons. The van der Waals surface area contributed by atoms with Gasteiger partial charge in [0.05, 0.1) is 11.9 Å². The van der Waals surface area contributed by atoms with E-state index in [4.69, 9.17) is 0 Å². The number of fused-ring (bicyclic) bond motifs is 1. The van der Waals surface area contributed by atoms with Crippen LogP contribution in [0.3, 0.4) is 0 Å². The molecular weight excluding hydrogens is 384 g/mol. The number of hydrogen-bond acceptors (Lipinski definition) is 5. The summed E-state index contributed by atoms with van der Waals surface area (Å²) < 4.78 is 2.33. The van der Waals surface area contributed by atoms with E-state index in [1.54, 1.807) is 18.2 Å². The maximum atomic E-state index is 13.2. The maximum absolute atomic E-state index is 13.2. The molecule has 0 aliphatic heterocycles. The number of carbonyl (C=O) groups is 1. The van der Waals surface area contributed by atoms with E-state index in [1.807, 2.05) is 38.1 Å². The Labute approximate surface area is 171 Å². The molecule has 0 fully saturated rings. The standard InChI is InChI=1S/C21H20N6O3/c1-13-5-7-15(8-6-13)11-27-20(29)16-4-3-9-22-19(16)26(21(27)30)12-18(28)23-17-10-14(2)24-25-17/h3-10H,11-12H2,1-2H3,(H2,23,24,25,28). The van der Waals surface area contributed by atoms with Crippen molar-refractivity contribution in [3.63, 3.8) is 0 Å². The van der Waals surface area contributed by atoms with E-state index < -0.39 is 17.2 Å². The van der Waals surface area contributed by atoms with Gasteiger partial charge in [0.1, 0.15) is 12.2 Å². The summed E-state index contributed by atoms with van der Waals surface area (Å²) >= 11 is 0. The van der Waals surface area contributed by atoms with E-state index in [9.17, 15) is 14.4 Å². The summed E-state index contributed by atoms with van der Waals surface area (Å²) in [6.45, 7) is 3.57. The van der Waals surface area contributed by atoms with Crippen LogP contribution in [0.15, 0.2) is 58.3 Å². The van der Waals surface area contributed by atoms with Gasteiger partial charge in [-0.1, -0.05) is 29.8 Å². The zero-order valence-corrected chi connectivity index (χ0v) is 16.5. The van der Waals surface area contributed by atoms with E-state index in [0.29, 0.717) is 5.82 Å². The Bertz CT molecular complexity index is 1350.